The largest absolute Gasteiger partial charge is 0.497 e. The summed E-state index contributed by atoms with van der Waals surface area (Å²) in [5, 5.41) is 3.22. The number of anilines is 1. The Morgan fingerprint density at radius 3 is 2.36 bits per heavy atom. The first-order chi connectivity index (χ1) is 15.7. The number of aryl methyl sites for hydroxylation is 1. The molecule has 0 unspecified atom stereocenters. The Bertz CT molecular complexity index is 1230. The summed E-state index contributed by atoms with van der Waals surface area (Å²) in [6.07, 6.45) is 0. The normalized spacial score (nSPS) is 11.3. The van der Waals surface area contributed by atoms with Crippen molar-refractivity contribution in [3.63, 3.8) is 0 Å². The Morgan fingerprint density at radius 2 is 1.73 bits per heavy atom. The molecule has 0 fully saturated rings. The molecule has 0 heterocycles. The molecule has 0 aliphatic carbocycles. The number of hydrogen-bond donors (Lipinski definition) is 1. The van der Waals surface area contributed by atoms with E-state index in [0.29, 0.717) is 16.5 Å². The molecule has 7 nitrogen and oxygen atoms in total. The number of ether oxygens (including phenoxy) is 2. The summed E-state index contributed by atoms with van der Waals surface area (Å²) >= 11 is 6.14. The molecule has 9 heteroatoms. The molecule has 0 saturated carbocycles. The van der Waals surface area contributed by atoms with Crippen molar-refractivity contribution in [2.45, 2.75) is 18.4 Å². The van der Waals surface area contributed by atoms with E-state index < -0.39 is 22.5 Å². The molecule has 0 radical (unpaired) electrons. The van der Waals surface area contributed by atoms with E-state index in [1.54, 1.807) is 30.3 Å². The van der Waals surface area contributed by atoms with Gasteiger partial charge in [0.2, 0.25) is 15.9 Å². The number of rotatable bonds is 9. The van der Waals surface area contributed by atoms with Crippen LogP contribution in [0.15, 0.2) is 71.6 Å². The average Bonchev–Trinajstić information content (AvgIpc) is 2.81. The molecule has 0 aliphatic rings. The van der Waals surface area contributed by atoms with Gasteiger partial charge < -0.3 is 14.8 Å². The van der Waals surface area contributed by atoms with Crippen molar-refractivity contribution in [3.05, 3.63) is 82.9 Å². The minimum Gasteiger partial charge on any atom is -0.497 e. The van der Waals surface area contributed by atoms with E-state index in [1.807, 2.05) is 25.1 Å². The van der Waals surface area contributed by atoms with Crippen molar-refractivity contribution in [2.75, 3.05) is 26.1 Å². The van der Waals surface area contributed by atoms with Crippen molar-refractivity contribution >= 4 is 33.2 Å². The third-order valence-electron chi connectivity index (χ3n) is 4.97. The van der Waals surface area contributed by atoms with Gasteiger partial charge in [0.15, 0.2) is 0 Å². The standard InChI is InChI=1S/C24H25ClN2O5S/c1-17-9-10-19(13-21(17)25)26-24(28)16-27(15-18-7-5-4-6-8-18)33(29,30)23-12-11-20(31-2)14-22(23)32-3/h4-14H,15-16H2,1-3H3,(H,26,28). The zero-order valence-corrected chi connectivity index (χ0v) is 20.1. The minimum absolute atomic E-state index is 0.000427. The van der Waals surface area contributed by atoms with Crippen molar-refractivity contribution in [1.29, 1.82) is 0 Å². The Hall–Kier alpha value is -3.07. The van der Waals surface area contributed by atoms with Crippen LogP contribution in [0, 0.1) is 6.92 Å². The molecule has 3 aromatic carbocycles. The van der Waals surface area contributed by atoms with E-state index in [4.69, 9.17) is 21.1 Å². The molecule has 0 spiro atoms. The Morgan fingerprint density at radius 1 is 1.00 bits per heavy atom. The maximum atomic E-state index is 13.6. The lowest BCUT2D eigenvalue weighted by molar-refractivity contribution is -0.116. The van der Waals surface area contributed by atoms with Gasteiger partial charge in [0.25, 0.3) is 0 Å². The highest BCUT2D eigenvalue weighted by Gasteiger charge is 2.30. The number of nitrogens with zero attached hydrogens (tertiary/aromatic N) is 1. The molecule has 0 saturated heterocycles. The van der Waals surface area contributed by atoms with E-state index in [9.17, 15) is 13.2 Å². The van der Waals surface area contributed by atoms with E-state index >= 15 is 0 Å². The zero-order valence-electron chi connectivity index (χ0n) is 18.5. The monoisotopic (exact) mass is 488 g/mol. The smallest absolute Gasteiger partial charge is 0.247 e. The number of halogens is 1. The van der Waals surface area contributed by atoms with E-state index in [-0.39, 0.29) is 17.2 Å². The van der Waals surface area contributed by atoms with E-state index in [0.717, 1.165) is 15.4 Å². The number of hydrogen-bond acceptors (Lipinski definition) is 5. The second-order valence-electron chi connectivity index (χ2n) is 7.29. The van der Waals surface area contributed by atoms with Crippen LogP contribution in [0.1, 0.15) is 11.1 Å². The number of sulfonamides is 1. The van der Waals surface area contributed by atoms with Crippen LogP contribution in [0.25, 0.3) is 0 Å². The van der Waals surface area contributed by atoms with Crippen molar-refractivity contribution in [3.8, 4) is 11.5 Å². The summed E-state index contributed by atoms with van der Waals surface area (Å²) in [7, 11) is -1.25. The summed E-state index contributed by atoms with van der Waals surface area (Å²) < 4.78 is 38.8. The summed E-state index contributed by atoms with van der Waals surface area (Å²) in [6, 6.07) is 18.6. The summed E-state index contributed by atoms with van der Waals surface area (Å²) in [5.74, 6) is 0.0782. The predicted octanol–water partition coefficient (Wildman–Crippen LogP) is 4.50. The van der Waals surface area contributed by atoms with Gasteiger partial charge in [-0.05, 0) is 42.3 Å². The first-order valence-electron chi connectivity index (χ1n) is 10.1. The Kier molecular flexibility index (Phi) is 7.97. The van der Waals surface area contributed by atoms with Crippen LogP contribution in [-0.4, -0.2) is 39.4 Å². The Balaban J connectivity index is 1.93. The fourth-order valence-corrected chi connectivity index (χ4v) is 4.87. The van der Waals surface area contributed by atoms with Crippen molar-refractivity contribution in [2.24, 2.45) is 0 Å². The molecule has 33 heavy (non-hydrogen) atoms. The SMILES string of the molecule is COc1ccc(S(=O)(=O)N(CC(=O)Nc2ccc(C)c(Cl)c2)Cc2ccccc2)c(OC)c1. The molecular formula is C24H25ClN2O5S. The van der Waals surface area contributed by atoms with Gasteiger partial charge in [-0.1, -0.05) is 48.0 Å². The fraction of sp³-hybridized carbons (Fsp3) is 0.208. The van der Waals surface area contributed by atoms with E-state index in [1.165, 1.54) is 32.4 Å². The summed E-state index contributed by atoms with van der Waals surface area (Å²) in [4.78, 5) is 12.8. The van der Waals surface area contributed by atoms with Gasteiger partial charge in [-0.25, -0.2) is 8.42 Å². The third-order valence-corrected chi connectivity index (χ3v) is 7.20. The zero-order chi connectivity index (χ0) is 24.0. The van der Waals surface area contributed by atoms with Gasteiger partial charge in [0, 0.05) is 23.3 Å². The first-order valence-corrected chi connectivity index (χ1v) is 11.9. The molecule has 174 valence electrons. The first kappa shape index (κ1) is 24.6. The maximum Gasteiger partial charge on any atom is 0.247 e. The quantitative estimate of drug-likeness (QED) is 0.479. The third kappa shape index (κ3) is 6.04. The minimum atomic E-state index is -4.10. The van der Waals surface area contributed by atoms with Gasteiger partial charge >= 0.3 is 0 Å². The lowest BCUT2D eigenvalue weighted by Crippen LogP contribution is -2.37. The lowest BCUT2D eigenvalue weighted by atomic mass is 10.2. The molecule has 3 rings (SSSR count). The van der Waals surface area contributed by atoms with E-state index in [2.05, 4.69) is 5.32 Å². The fourth-order valence-electron chi connectivity index (χ4n) is 3.17. The van der Waals surface area contributed by atoms with Crippen LogP contribution in [0.2, 0.25) is 5.02 Å². The lowest BCUT2D eigenvalue weighted by Gasteiger charge is -2.23. The highest BCUT2D eigenvalue weighted by Crippen LogP contribution is 2.31. The summed E-state index contributed by atoms with van der Waals surface area (Å²) in [6.45, 7) is 1.45. The predicted molar refractivity (Wildman–Crippen MR) is 128 cm³/mol. The number of benzene rings is 3. The van der Waals surface area contributed by atoms with Crippen LogP contribution >= 0.6 is 11.6 Å². The van der Waals surface area contributed by atoms with Gasteiger partial charge in [0.05, 0.1) is 20.8 Å². The van der Waals surface area contributed by atoms with Crippen molar-refractivity contribution in [1.82, 2.24) is 4.31 Å². The van der Waals surface area contributed by atoms with Crippen LogP contribution in [0.4, 0.5) is 5.69 Å². The van der Waals surface area contributed by atoms with Crippen molar-refractivity contribution < 1.29 is 22.7 Å². The number of amides is 1. The molecule has 1 amide bonds. The van der Waals surface area contributed by atoms with Gasteiger partial charge in [-0.2, -0.15) is 4.31 Å². The van der Waals surface area contributed by atoms with Gasteiger partial charge in [-0.15, -0.1) is 0 Å². The molecule has 0 bridgehead atoms. The summed E-state index contributed by atoms with van der Waals surface area (Å²) in [5.41, 5.74) is 2.09. The topological polar surface area (TPSA) is 84.9 Å². The second-order valence-corrected chi connectivity index (χ2v) is 9.60. The number of methoxy groups -OCH3 is 2. The molecule has 3 aromatic rings. The molecule has 0 aliphatic heterocycles. The highest BCUT2D eigenvalue weighted by atomic mass is 35.5. The average molecular weight is 489 g/mol. The van der Waals surface area contributed by atoms with Crippen LogP contribution < -0.4 is 14.8 Å². The van der Waals surface area contributed by atoms with Crippen LogP contribution in [0.3, 0.4) is 0 Å². The maximum absolute atomic E-state index is 13.6. The molecule has 0 atom stereocenters. The molecule has 0 aromatic heterocycles. The highest BCUT2D eigenvalue weighted by molar-refractivity contribution is 7.89. The number of carbonyl (C=O) groups is 1. The Labute approximate surface area is 198 Å². The van der Waals surface area contributed by atoms with Gasteiger partial charge in [-0.3, -0.25) is 4.79 Å². The van der Waals surface area contributed by atoms with Gasteiger partial charge in [0.1, 0.15) is 16.4 Å². The second kappa shape index (κ2) is 10.7. The van der Waals surface area contributed by atoms with Crippen LogP contribution in [-0.2, 0) is 21.4 Å². The number of carbonyl (C=O) groups excluding carboxylic acids is 1. The molecular weight excluding hydrogens is 464 g/mol. The van der Waals surface area contributed by atoms with Crippen LogP contribution in [0.5, 0.6) is 11.5 Å². The number of nitrogens with one attached hydrogen (secondary N) is 1. The molecule has 1 N–H and O–H groups in total.